The summed E-state index contributed by atoms with van der Waals surface area (Å²) in [5.74, 6) is 0.591. The highest BCUT2D eigenvalue weighted by Crippen LogP contribution is 2.32. The molecule has 182 valence electrons. The number of amides is 1. The molecular weight excluding hydrogens is 480 g/mol. The summed E-state index contributed by atoms with van der Waals surface area (Å²) in [4.78, 5) is 13.8. The monoisotopic (exact) mass is 508 g/mol. The van der Waals surface area contributed by atoms with Gasteiger partial charge in [0.1, 0.15) is 5.75 Å². The average molecular weight is 509 g/mol. The van der Waals surface area contributed by atoms with Crippen LogP contribution in [0.2, 0.25) is 0 Å². The summed E-state index contributed by atoms with van der Waals surface area (Å²) in [5, 5.41) is 3.86. The number of hydrogen-bond donors (Lipinski definition) is 1. The van der Waals surface area contributed by atoms with Crippen LogP contribution in [0.25, 0.3) is 10.1 Å². The zero-order valence-electron chi connectivity index (χ0n) is 20.1. The summed E-state index contributed by atoms with van der Waals surface area (Å²) in [7, 11) is -2.09. The van der Waals surface area contributed by atoms with Crippen molar-refractivity contribution >= 4 is 43.0 Å². The first-order chi connectivity index (χ1) is 16.7. The highest BCUT2D eigenvalue weighted by molar-refractivity contribution is 7.92. The van der Waals surface area contributed by atoms with Crippen LogP contribution in [0, 0.1) is 6.92 Å². The molecule has 0 radical (unpaired) electrons. The molecule has 0 unspecified atom stereocenters. The van der Waals surface area contributed by atoms with E-state index < -0.39 is 10.0 Å². The second-order valence-electron chi connectivity index (χ2n) is 8.28. The maximum Gasteiger partial charge on any atom is 0.264 e. The molecule has 1 aromatic heterocycles. The van der Waals surface area contributed by atoms with Gasteiger partial charge in [0.15, 0.2) is 0 Å². The van der Waals surface area contributed by atoms with E-state index in [1.54, 1.807) is 37.4 Å². The summed E-state index contributed by atoms with van der Waals surface area (Å²) >= 11 is 1.38. The number of rotatable bonds is 8. The van der Waals surface area contributed by atoms with E-state index in [1.807, 2.05) is 63.2 Å². The van der Waals surface area contributed by atoms with Gasteiger partial charge in [0, 0.05) is 11.2 Å². The third-order valence-electron chi connectivity index (χ3n) is 5.87. The molecule has 35 heavy (non-hydrogen) atoms. The Morgan fingerprint density at radius 1 is 1.03 bits per heavy atom. The van der Waals surface area contributed by atoms with Crippen LogP contribution >= 0.6 is 11.3 Å². The Morgan fingerprint density at radius 2 is 1.71 bits per heavy atom. The number of anilines is 1. The number of fused-ring (bicyclic) bond motifs is 1. The first-order valence-corrected chi connectivity index (χ1v) is 13.6. The van der Waals surface area contributed by atoms with Crippen LogP contribution in [-0.2, 0) is 10.0 Å². The molecule has 4 aromatic rings. The van der Waals surface area contributed by atoms with Gasteiger partial charge in [0.2, 0.25) is 0 Å². The lowest BCUT2D eigenvalue weighted by Crippen LogP contribution is -2.30. The molecule has 1 amide bonds. The van der Waals surface area contributed by atoms with Gasteiger partial charge in [-0.3, -0.25) is 9.10 Å². The van der Waals surface area contributed by atoms with Crippen LogP contribution in [0.15, 0.2) is 77.7 Å². The molecule has 1 atom stereocenters. The molecule has 0 bridgehead atoms. The Bertz CT molecular complexity index is 1440. The fourth-order valence-corrected chi connectivity index (χ4v) is 6.28. The van der Waals surface area contributed by atoms with E-state index in [0.29, 0.717) is 17.1 Å². The number of methoxy groups -OCH3 is 1. The highest BCUT2D eigenvalue weighted by Gasteiger charge is 2.24. The summed E-state index contributed by atoms with van der Waals surface area (Å²) in [6.45, 7) is 5.95. The van der Waals surface area contributed by atoms with E-state index in [1.165, 1.54) is 15.6 Å². The quantitative estimate of drug-likeness (QED) is 0.320. The van der Waals surface area contributed by atoms with Gasteiger partial charge in [-0.25, -0.2) is 8.42 Å². The second kappa shape index (κ2) is 10.1. The maximum absolute atomic E-state index is 13.3. The van der Waals surface area contributed by atoms with Crippen molar-refractivity contribution in [2.24, 2.45) is 0 Å². The Kier molecular flexibility index (Phi) is 7.14. The lowest BCUT2D eigenvalue weighted by Gasteiger charge is -2.23. The first-order valence-electron chi connectivity index (χ1n) is 11.3. The zero-order chi connectivity index (χ0) is 25.2. The number of aryl methyl sites for hydroxylation is 1. The van der Waals surface area contributed by atoms with E-state index in [0.717, 1.165) is 27.0 Å². The third kappa shape index (κ3) is 5.18. The number of carbonyl (C=O) groups excluding carboxylic acids is 1. The first kappa shape index (κ1) is 24.8. The zero-order valence-corrected chi connectivity index (χ0v) is 21.7. The minimum Gasteiger partial charge on any atom is -0.497 e. The van der Waals surface area contributed by atoms with Crippen LogP contribution in [-0.4, -0.2) is 28.0 Å². The number of ether oxygens (including phenoxy) is 1. The van der Waals surface area contributed by atoms with Crippen LogP contribution < -0.4 is 14.4 Å². The van der Waals surface area contributed by atoms with E-state index >= 15 is 0 Å². The van der Waals surface area contributed by atoms with E-state index in [-0.39, 0.29) is 16.8 Å². The number of nitrogens with zero attached hydrogens (tertiary/aromatic N) is 1. The number of benzene rings is 3. The van der Waals surface area contributed by atoms with Gasteiger partial charge < -0.3 is 10.1 Å². The van der Waals surface area contributed by atoms with Crippen molar-refractivity contribution in [1.82, 2.24) is 5.32 Å². The second-order valence-corrected chi connectivity index (χ2v) is 11.2. The Labute approximate surface area is 210 Å². The summed E-state index contributed by atoms with van der Waals surface area (Å²) in [5.41, 5.74) is 2.54. The SMILES string of the molecule is CCN(c1ccc2sc(C(=O)N[C@H](C)c3ccc(OC)cc3)cc2c1)S(=O)(=O)c1ccc(C)cc1. The number of sulfonamides is 1. The van der Waals surface area contributed by atoms with Crippen molar-refractivity contribution in [3.05, 3.63) is 88.8 Å². The number of nitrogens with one attached hydrogen (secondary N) is 1. The van der Waals surface area contributed by atoms with Gasteiger partial charge in [-0.2, -0.15) is 0 Å². The van der Waals surface area contributed by atoms with Crippen LogP contribution in [0.4, 0.5) is 5.69 Å². The molecule has 0 aliphatic rings. The number of carbonyl (C=O) groups is 1. The van der Waals surface area contributed by atoms with Gasteiger partial charge in [-0.1, -0.05) is 29.8 Å². The summed E-state index contributed by atoms with van der Waals surface area (Å²) in [6.07, 6.45) is 0. The van der Waals surface area contributed by atoms with Crippen molar-refractivity contribution in [3.63, 3.8) is 0 Å². The van der Waals surface area contributed by atoms with Crippen molar-refractivity contribution < 1.29 is 17.9 Å². The Morgan fingerprint density at radius 3 is 2.34 bits per heavy atom. The summed E-state index contributed by atoms with van der Waals surface area (Å²) < 4.78 is 34.1. The predicted octanol–water partition coefficient (Wildman–Crippen LogP) is 5.92. The topological polar surface area (TPSA) is 75.7 Å². The average Bonchev–Trinajstić information content (AvgIpc) is 3.28. The largest absolute Gasteiger partial charge is 0.497 e. The molecule has 1 heterocycles. The molecule has 0 fully saturated rings. The Balaban J connectivity index is 1.57. The van der Waals surface area contributed by atoms with Gasteiger partial charge in [-0.05, 0) is 80.3 Å². The summed E-state index contributed by atoms with van der Waals surface area (Å²) in [6, 6.07) is 21.5. The molecule has 6 nitrogen and oxygen atoms in total. The van der Waals surface area contributed by atoms with Gasteiger partial charge in [0.05, 0.1) is 28.6 Å². The maximum atomic E-state index is 13.3. The lowest BCUT2D eigenvalue weighted by molar-refractivity contribution is 0.0944. The molecule has 0 spiro atoms. The number of thiophene rings is 1. The molecule has 0 aliphatic carbocycles. The lowest BCUT2D eigenvalue weighted by atomic mass is 10.1. The Hall–Kier alpha value is -3.36. The van der Waals surface area contributed by atoms with Crippen molar-refractivity contribution in [1.29, 1.82) is 0 Å². The van der Waals surface area contributed by atoms with Gasteiger partial charge in [0.25, 0.3) is 15.9 Å². The molecular formula is C27H28N2O4S2. The smallest absolute Gasteiger partial charge is 0.264 e. The normalized spacial score (nSPS) is 12.3. The molecule has 3 aromatic carbocycles. The molecule has 0 saturated carbocycles. The van der Waals surface area contributed by atoms with Crippen molar-refractivity contribution in [2.75, 3.05) is 18.0 Å². The third-order valence-corrected chi connectivity index (χ3v) is 8.90. The highest BCUT2D eigenvalue weighted by atomic mass is 32.2. The van der Waals surface area contributed by atoms with E-state index in [9.17, 15) is 13.2 Å². The van der Waals surface area contributed by atoms with Crippen molar-refractivity contribution in [2.45, 2.75) is 31.7 Å². The van der Waals surface area contributed by atoms with E-state index in [4.69, 9.17) is 4.74 Å². The predicted molar refractivity (Wildman–Crippen MR) is 142 cm³/mol. The molecule has 8 heteroatoms. The molecule has 0 aliphatic heterocycles. The van der Waals surface area contributed by atoms with Gasteiger partial charge in [-0.15, -0.1) is 11.3 Å². The van der Waals surface area contributed by atoms with Gasteiger partial charge >= 0.3 is 0 Å². The van der Waals surface area contributed by atoms with Crippen LogP contribution in [0.5, 0.6) is 5.75 Å². The fraction of sp³-hybridized carbons (Fsp3) is 0.222. The standard InChI is InChI=1S/C27H28N2O4S2/c1-5-29(35(31,32)24-13-6-18(2)7-14-24)22-10-15-25-21(16-22)17-26(34-25)27(30)28-19(3)20-8-11-23(33-4)12-9-20/h6-17,19H,5H2,1-4H3,(H,28,30)/t19-/m1/s1. The molecule has 1 N–H and O–H groups in total. The van der Waals surface area contributed by atoms with E-state index in [2.05, 4.69) is 5.32 Å². The minimum atomic E-state index is -3.70. The van der Waals surface area contributed by atoms with Crippen molar-refractivity contribution in [3.8, 4) is 5.75 Å². The van der Waals surface area contributed by atoms with Crippen LogP contribution in [0.1, 0.15) is 40.7 Å². The van der Waals surface area contributed by atoms with Crippen LogP contribution in [0.3, 0.4) is 0 Å². The number of hydrogen-bond acceptors (Lipinski definition) is 5. The molecule has 0 saturated heterocycles. The fourth-order valence-electron chi connectivity index (χ4n) is 3.87. The molecule has 4 rings (SSSR count). The minimum absolute atomic E-state index is 0.171.